The van der Waals surface area contributed by atoms with E-state index in [-0.39, 0.29) is 11.9 Å². The first-order valence-corrected chi connectivity index (χ1v) is 3.62. The zero-order chi connectivity index (χ0) is 7.68. The highest BCUT2D eigenvalue weighted by atomic mass is 16.5. The van der Waals surface area contributed by atoms with Gasteiger partial charge in [0, 0.05) is 5.92 Å². The molecule has 0 N–H and O–H groups in total. The van der Waals surface area contributed by atoms with E-state index < -0.39 is 0 Å². The van der Waals surface area contributed by atoms with Gasteiger partial charge in [-0.3, -0.25) is 4.79 Å². The van der Waals surface area contributed by atoms with Crippen molar-refractivity contribution in [3.63, 3.8) is 0 Å². The Bertz CT molecular complexity index is 271. The fourth-order valence-electron chi connectivity index (χ4n) is 1.26. The molecule has 0 bridgehead atoms. The van der Waals surface area contributed by atoms with Gasteiger partial charge in [-0.15, -0.1) is 0 Å². The lowest BCUT2D eigenvalue weighted by molar-refractivity contribution is -0.135. The number of carbonyl (C=O) groups excluding carboxylic acids is 1. The second kappa shape index (κ2) is 2.38. The van der Waals surface area contributed by atoms with Crippen LogP contribution in [0.4, 0.5) is 0 Å². The normalized spacial score (nSPS) is 27.5. The third-order valence-electron chi connectivity index (χ3n) is 1.81. The van der Waals surface area contributed by atoms with E-state index in [0.717, 1.165) is 5.76 Å². The van der Waals surface area contributed by atoms with E-state index in [0.29, 0.717) is 6.42 Å². The van der Waals surface area contributed by atoms with Gasteiger partial charge in [-0.2, -0.15) is 0 Å². The molecule has 1 heterocycles. The second-order valence-electron chi connectivity index (χ2n) is 2.62. The maximum absolute atomic E-state index is 10.8. The molecule has 56 valence electrons. The van der Waals surface area contributed by atoms with Gasteiger partial charge < -0.3 is 4.74 Å². The van der Waals surface area contributed by atoms with Crippen molar-refractivity contribution in [1.82, 2.24) is 0 Å². The molecule has 0 aromatic heterocycles. The minimum atomic E-state index is -0.124. The summed E-state index contributed by atoms with van der Waals surface area (Å²) in [6, 6.07) is 0. The summed E-state index contributed by atoms with van der Waals surface area (Å²) in [4.78, 5) is 10.8. The molecule has 2 rings (SSSR count). The van der Waals surface area contributed by atoms with Crippen LogP contribution in [0.2, 0.25) is 0 Å². The van der Waals surface area contributed by atoms with Gasteiger partial charge in [0.15, 0.2) is 0 Å². The average Bonchev–Trinajstić information content (AvgIpc) is 2.17. The molecule has 1 aliphatic heterocycles. The quantitative estimate of drug-likeness (QED) is 0.487. The van der Waals surface area contributed by atoms with E-state index in [1.807, 2.05) is 30.4 Å². The molecule has 1 atom stereocenters. The molecule has 0 amide bonds. The third kappa shape index (κ3) is 1.11. The number of rotatable bonds is 0. The van der Waals surface area contributed by atoms with E-state index in [9.17, 15) is 4.79 Å². The van der Waals surface area contributed by atoms with Gasteiger partial charge in [-0.05, 0) is 6.08 Å². The molecule has 0 saturated carbocycles. The SMILES string of the molecule is O=C1CC2C=CC=CC=C2O1. The van der Waals surface area contributed by atoms with Crippen molar-refractivity contribution in [2.75, 3.05) is 0 Å². The fourth-order valence-corrected chi connectivity index (χ4v) is 1.26. The average molecular weight is 148 g/mol. The first kappa shape index (κ1) is 6.40. The molecule has 1 aliphatic carbocycles. The number of hydrogen-bond donors (Lipinski definition) is 0. The summed E-state index contributed by atoms with van der Waals surface area (Å²) >= 11 is 0. The monoisotopic (exact) mass is 148 g/mol. The lowest BCUT2D eigenvalue weighted by Crippen LogP contribution is -1.90. The van der Waals surface area contributed by atoms with Crippen molar-refractivity contribution in [3.05, 3.63) is 36.1 Å². The predicted octanol–water partition coefficient (Wildman–Crippen LogP) is 1.56. The van der Waals surface area contributed by atoms with Crippen LogP contribution in [0.3, 0.4) is 0 Å². The second-order valence-corrected chi connectivity index (χ2v) is 2.62. The maximum atomic E-state index is 10.8. The number of fused-ring (bicyclic) bond motifs is 1. The third-order valence-corrected chi connectivity index (χ3v) is 1.81. The molecule has 0 aromatic rings. The van der Waals surface area contributed by atoms with Crippen LogP contribution in [-0.2, 0) is 9.53 Å². The minimum absolute atomic E-state index is 0.124. The smallest absolute Gasteiger partial charge is 0.311 e. The van der Waals surface area contributed by atoms with Crippen molar-refractivity contribution < 1.29 is 9.53 Å². The van der Waals surface area contributed by atoms with E-state index in [4.69, 9.17) is 4.74 Å². The molecule has 1 fully saturated rings. The summed E-state index contributed by atoms with van der Waals surface area (Å²) in [6.45, 7) is 0. The van der Waals surface area contributed by atoms with Gasteiger partial charge in [0.25, 0.3) is 0 Å². The maximum Gasteiger partial charge on any atom is 0.311 e. The van der Waals surface area contributed by atoms with E-state index in [2.05, 4.69) is 0 Å². The first-order valence-electron chi connectivity index (χ1n) is 3.62. The molecule has 0 spiro atoms. The fraction of sp³-hybridized carbons (Fsp3) is 0.222. The molecular weight excluding hydrogens is 140 g/mol. The molecule has 1 saturated heterocycles. The van der Waals surface area contributed by atoms with Crippen LogP contribution >= 0.6 is 0 Å². The zero-order valence-corrected chi connectivity index (χ0v) is 5.99. The van der Waals surface area contributed by atoms with Crippen LogP contribution in [0.5, 0.6) is 0 Å². The number of hydrogen-bond acceptors (Lipinski definition) is 2. The van der Waals surface area contributed by atoms with Crippen molar-refractivity contribution in [1.29, 1.82) is 0 Å². The molecule has 2 nitrogen and oxygen atoms in total. The number of allylic oxidation sites excluding steroid dienone is 5. The van der Waals surface area contributed by atoms with Crippen LogP contribution in [0, 0.1) is 5.92 Å². The zero-order valence-electron chi connectivity index (χ0n) is 5.99. The van der Waals surface area contributed by atoms with Crippen LogP contribution in [0.1, 0.15) is 6.42 Å². The molecular formula is C9H8O2. The molecule has 0 aromatic carbocycles. The van der Waals surface area contributed by atoms with E-state index >= 15 is 0 Å². The largest absolute Gasteiger partial charge is 0.430 e. The molecule has 2 aliphatic rings. The number of ether oxygens (including phenoxy) is 1. The summed E-state index contributed by atoms with van der Waals surface area (Å²) < 4.78 is 4.96. The van der Waals surface area contributed by atoms with Crippen molar-refractivity contribution in [2.45, 2.75) is 6.42 Å². The topological polar surface area (TPSA) is 26.3 Å². The lowest BCUT2D eigenvalue weighted by Gasteiger charge is -1.98. The van der Waals surface area contributed by atoms with Crippen molar-refractivity contribution in [2.24, 2.45) is 5.92 Å². The predicted molar refractivity (Wildman–Crippen MR) is 40.6 cm³/mol. The minimum Gasteiger partial charge on any atom is -0.430 e. The summed E-state index contributed by atoms with van der Waals surface area (Å²) in [5.74, 6) is 0.832. The lowest BCUT2D eigenvalue weighted by atomic mass is 10.1. The van der Waals surface area contributed by atoms with Gasteiger partial charge in [-0.1, -0.05) is 24.3 Å². The Labute approximate surface area is 64.9 Å². The van der Waals surface area contributed by atoms with Gasteiger partial charge >= 0.3 is 5.97 Å². The Morgan fingerprint density at radius 3 is 3.18 bits per heavy atom. The van der Waals surface area contributed by atoms with Crippen LogP contribution < -0.4 is 0 Å². The highest BCUT2D eigenvalue weighted by molar-refractivity contribution is 5.75. The van der Waals surface area contributed by atoms with Gasteiger partial charge in [0.05, 0.1) is 6.42 Å². The van der Waals surface area contributed by atoms with Crippen LogP contribution in [-0.4, -0.2) is 5.97 Å². The van der Waals surface area contributed by atoms with E-state index in [1.54, 1.807) is 0 Å². The number of esters is 1. The Morgan fingerprint density at radius 2 is 2.27 bits per heavy atom. The van der Waals surface area contributed by atoms with Gasteiger partial charge in [-0.25, -0.2) is 0 Å². The van der Waals surface area contributed by atoms with Crippen molar-refractivity contribution in [3.8, 4) is 0 Å². The van der Waals surface area contributed by atoms with Crippen LogP contribution in [0.25, 0.3) is 0 Å². The highest BCUT2D eigenvalue weighted by Gasteiger charge is 2.27. The Balaban J connectivity index is 2.32. The Kier molecular flexibility index (Phi) is 1.39. The molecule has 1 unspecified atom stereocenters. The number of carbonyl (C=O) groups is 1. The standard InChI is InChI=1S/C9H8O2/c10-9-6-7-4-2-1-3-5-8(7)11-9/h1-5,7H,6H2. The highest BCUT2D eigenvalue weighted by Crippen LogP contribution is 2.27. The molecule has 0 radical (unpaired) electrons. The van der Waals surface area contributed by atoms with Crippen LogP contribution in [0.15, 0.2) is 36.1 Å². The summed E-state index contributed by atoms with van der Waals surface area (Å²) in [7, 11) is 0. The molecule has 2 heteroatoms. The van der Waals surface area contributed by atoms with Gasteiger partial charge in [0.1, 0.15) is 5.76 Å². The van der Waals surface area contributed by atoms with E-state index in [1.165, 1.54) is 0 Å². The Morgan fingerprint density at radius 1 is 1.36 bits per heavy atom. The molecule has 11 heavy (non-hydrogen) atoms. The summed E-state index contributed by atoms with van der Waals surface area (Å²) in [5.41, 5.74) is 0. The first-order chi connectivity index (χ1) is 5.36. The van der Waals surface area contributed by atoms with Gasteiger partial charge in [0.2, 0.25) is 0 Å². The summed E-state index contributed by atoms with van der Waals surface area (Å²) in [5, 5.41) is 0. The van der Waals surface area contributed by atoms with Crippen molar-refractivity contribution >= 4 is 5.97 Å². The Hall–Kier alpha value is -1.31. The summed E-state index contributed by atoms with van der Waals surface area (Å²) in [6.07, 6.45) is 10.1.